The number of Topliss-reactive ketones (excluding diaryl/α,β-unsaturated/α-hetero) is 1. The third kappa shape index (κ3) is 3.15. The number of hydrogen-bond acceptors (Lipinski definition) is 4. The van der Waals surface area contributed by atoms with E-state index in [0.29, 0.717) is 17.3 Å². The van der Waals surface area contributed by atoms with Crippen molar-refractivity contribution in [1.82, 2.24) is 15.0 Å². The number of fused-ring (bicyclic) bond motifs is 1. The van der Waals surface area contributed by atoms with Gasteiger partial charge in [0.1, 0.15) is 10.8 Å². The van der Waals surface area contributed by atoms with Crippen molar-refractivity contribution in [1.29, 1.82) is 0 Å². The molecule has 0 fully saturated rings. The van der Waals surface area contributed by atoms with Gasteiger partial charge in [-0.05, 0) is 38.0 Å². The molecule has 0 unspecified atom stereocenters. The largest absolute Gasteiger partial charge is 0.292 e. The molecular weight excluding hydrogens is 322 g/mol. The van der Waals surface area contributed by atoms with E-state index in [1.165, 1.54) is 0 Å². The maximum atomic E-state index is 12.0. The maximum absolute atomic E-state index is 12.0. The smallest absolute Gasteiger partial charge is 0.181 e. The number of hydrogen-bond donors (Lipinski definition) is 0. The second-order valence-electron chi connectivity index (χ2n) is 5.88. The molecule has 0 aliphatic heterocycles. The van der Waals surface area contributed by atoms with Crippen LogP contribution in [0, 0.1) is 13.8 Å². The lowest BCUT2D eigenvalue weighted by Gasteiger charge is -2.11. The van der Waals surface area contributed by atoms with Crippen LogP contribution in [0.2, 0.25) is 5.15 Å². The fourth-order valence-electron chi connectivity index (χ4n) is 2.76. The van der Waals surface area contributed by atoms with Gasteiger partial charge < -0.3 is 0 Å². The summed E-state index contributed by atoms with van der Waals surface area (Å²) >= 11 is 5.93. The van der Waals surface area contributed by atoms with Crippen molar-refractivity contribution >= 4 is 28.3 Å². The highest BCUT2D eigenvalue weighted by Gasteiger charge is 2.13. The van der Waals surface area contributed by atoms with Crippen molar-refractivity contribution in [3.63, 3.8) is 0 Å². The van der Waals surface area contributed by atoms with Crippen molar-refractivity contribution < 1.29 is 4.79 Å². The second-order valence-corrected chi connectivity index (χ2v) is 6.27. The van der Waals surface area contributed by atoms with Crippen LogP contribution in [-0.4, -0.2) is 20.7 Å². The Morgan fingerprint density at radius 1 is 1.08 bits per heavy atom. The minimum absolute atomic E-state index is 0.0827. The predicted molar refractivity (Wildman–Crippen MR) is 96.5 cm³/mol. The number of rotatable bonds is 4. The summed E-state index contributed by atoms with van der Waals surface area (Å²) in [4.78, 5) is 25.1. The van der Waals surface area contributed by atoms with Crippen molar-refractivity contribution in [3.8, 4) is 11.1 Å². The topological polar surface area (TPSA) is 55.7 Å². The third-order valence-electron chi connectivity index (χ3n) is 4.02. The molecule has 0 bridgehead atoms. The Hall–Kier alpha value is -2.33. The van der Waals surface area contributed by atoms with E-state index in [0.717, 1.165) is 39.7 Å². The molecule has 0 atom stereocenters. The average Bonchev–Trinajstić information content (AvgIpc) is 2.54. The number of ketones is 1. The molecule has 0 aliphatic carbocycles. The van der Waals surface area contributed by atoms with E-state index in [9.17, 15) is 4.79 Å². The highest BCUT2D eigenvalue weighted by molar-refractivity contribution is 6.30. The van der Waals surface area contributed by atoms with E-state index in [2.05, 4.69) is 15.0 Å². The van der Waals surface area contributed by atoms with Gasteiger partial charge in [-0.1, -0.05) is 18.5 Å². The van der Waals surface area contributed by atoms with Gasteiger partial charge in [-0.15, -0.1) is 0 Å². The van der Waals surface area contributed by atoms with Crippen LogP contribution in [0.25, 0.3) is 22.0 Å². The SMILES string of the molecule is CCCC(=O)c1cc(C)c(-c2cc3cnc(Cl)cc3nc2C)cn1. The van der Waals surface area contributed by atoms with Crippen LogP contribution in [0.4, 0.5) is 0 Å². The molecule has 24 heavy (non-hydrogen) atoms. The summed E-state index contributed by atoms with van der Waals surface area (Å²) in [5.74, 6) is 0.0827. The van der Waals surface area contributed by atoms with Crippen LogP contribution < -0.4 is 0 Å². The van der Waals surface area contributed by atoms with Crippen LogP contribution >= 0.6 is 11.6 Å². The van der Waals surface area contributed by atoms with Crippen LogP contribution in [0.1, 0.15) is 41.5 Å². The summed E-state index contributed by atoms with van der Waals surface area (Å²) in [6.07, 6.45) is 4.83. The summed E-state index contributed by atoms with van der Waals surface area (Å²) in [7, 11) is 0. The van der Waals surface area contributed by atoms with Gasteiger partial charge in [0.15, 0.2) is 5.78 Å². The maximum Gasteiger partial charge on any atom is 0.181 e. The van der Waals surface area contributed by atoms with Gasteiger partial charge in [0.05, 0.1) is 5.52 Å². The Balaban J connectivity index is 2.08. The first-order valence-electron chi connectivity index (χ1n) is 7.92. The molecule has 0 N–H and O–H groups in total. The van der Waals surface area contributed by atoms with Crippen LogP contribution in [-0.2, 0) is 0 Å². The Morgan fingerprint density at radius 3 is 2.58 bits per heavy atom. The first-order chi connectivity index (χ1) is 11.5. The Labute approximate surface area is 145 Å². The minimum atomic E-state index is 0.0827. The zero-order valence-corrected chi connectivity index (χ0v) is 14.7. The molecule has 0 aliphatic rings. The van der Waals surface area contributed by atoms with Gasteiger partial charge in [-0.25, -0.2) is 4.98 Å². The first kappa shape index (κ1) is 16.5. The number of aryl methyl sites for hydroxylation is 2. The van der Waals surface area contributed by atoms with Gasteiger partial charge in [-0.2, -0.15) is 0 Å². The zero-order chi connectivity index (χ0) is 17.3. The number of carbonyl (C=O) groups excluding carboxylic acids is 1. The van der Waals surface area contributed by atoms with Gasteiger partial charge in [-0.3, -0.25) is 14.8 Å². The molecular formula is C19H18ClN3O. The molecule has 0 saturated heterocycles. The molecule has 4 nitrogen and oxygen atoms in total. The van der Waals surface area contributed by atoms with Crippen molar-refractivity contribution in [2.75, 3.05) is 0 Å². The number of pyridine rings is 3. The highest BCUT2D eigenvalue weighted by Crippen LogP contribution is 2.29. The van der Waals surface area contributed by atoms with E-state index in [-0.39, 0.29) is 5.78 Å². The van der Waals surface area contributed by atoms with E-state index < -0.39 is 0 Å². The fourth-order valence-corrected chi connectivity index (χ4v) is 2.91. The summed E-state index contributed by atoms with van der Waals surface area (Å²) in [5, 5.41) is 1.35. The van der Waals surface area contributed by atoms with Crippen LogP contribution in [0.15, 0.2) is 30.6 Å². The molecule has 0 spiro atoms. The number of aromatic nitrogens is 3. The van der Waals surface area contributed by atoms with Gasteiger partial charge in [0.2, 0.25) is 0 Å². The average molecular weight is 340 g/mol. The van der Waals surface area contributed by atoms with Gasteiger partial charge in [0.25, 0.3) is 0 Å². The molecule has 3 aromatic heterocycles. The number of carbonyl (C=O) groups is 1. The monoisotopic (exact) mass is 339 g/mol. The summed E-state index contributed by atoms with van der Waals surface area (Å²) in [6.45, 7) is 5.94. The van der Waals surface area contributed by atoms with Gasteiger partial charge >= 0.3 is 0 Å². The van der Waals surface area contributed by atoms with E-state index in [1.54, 1.807) is 18.5 Å². The quantitative estimate of drug-likeness (QED) is 0.498. The fraction of sp³-hybridized carbons (Fsp3) is 0.263. The van der Waals surface area contributed by atoms with Gasteiger partial charge in [0, 0.05) is 47.1 Å². The molecule has 3 heterocycles. The summed E-state index contributed by atoms with van der Waals surface area (Å²) in [5.41, 5.74) is 5.21. The number of halogens is 1. The lowest BCUT2D eigenvalue weighted by atomic mass is 9.99. The minimum Gasteiger partial charge on any atom is -0.292 e. The lowest BCUT2D eigenvalue weighted by molar-refractivity contribution is 0.0977. The van der Waals surface area contributed by atoms with Crippen LogP contribution in [0.3, 0.4) is 0 Å². The third-order valence-corrected chi connectivity index (χ3v) is 4.23. The summed E-state index contributed by atoms with van der Waals surface area (Å²) < 4.78 is 0. The molecule has 0 saturated carbocycles. The Morgan fingerprint density at radius 2 is 1.88 bits per heavy atom. The zero-order valence-electron chi connectivity index (χ0n) is 13.9. The molecule has 0 amide bonds. The predicted octanol–water partition coefficient (Wildman–Crippen LogP) is 4.94. The van der Waals surface area contributed by atoms with E-state index >= 15 is 0 Å². The second kappa shape index (κ2) is 6.65. The van der Waals surface area contributed by atoms with Crippen molar-refractivity contribution in [3.05, 3.63) is 52.7 Å². The Bertz CT molecular complexity index is 937. The molecule has 0 aromatic carbocycles. The normalized spacial score (nSPS) is 11.0. The first-order valence-corrected chi connectivity index (χ1v) is 8.30. The van der Waals surface area contributed by atoms with Crippen molar-refractivity contribution in [2.45, 2.75) is 33.6 Å². The number of nitrogens with zero attached hydrogens (tertiary/aromatic N) is 3. The Kier molecular flexibility index (Phi) is 4.58. The molecule has 122 valence electrons. The standard InChI is InChI=1S/C19H18ClN3O/c1-4-5-18(24)17-6-11(2)15(10-21-17)14-7-13-9-22-19(20)8-16(13)23-12(14)3/h6-10H,4-5H2,1-3H3. The summed E-state index contributed by atoms with van der Waals surface area (Å²) in [6, 6.07) is 5.65. The molecule has 3 aromatic rings. The van der Waals surface area contributed by atoms with E-state index in [4.69, 9.17) is 11.6 Å². The molecule has 5 heteroatoms. The van der Waals surface area contributed by atoms with Crippen molar-refractivity contribution in [2.24, 2.45) is 0 Å². The van der Waals surface area contributed by atoms with E-state index in [1.807, 2.05) is 32.9 Å². The molecule has 3 rings (SSSR count). The molecule has 0 radical (unpaired) electrons. The lowest BCUT2D eigenvalue weighted by Crippen LogP contribution is -2.03. The highest BCUT2D eigenvalue weighted by atomic mass is 35.5. The van der Waals surface area contributed by atoms with Crippen LogP contribution in [0.5, 0.6) is 0 Å².